The van der Waals surface area contributed by atoms with E-state index in [0.29, 0.717) is 30.0 Å². The first-order chi connectivity index (χ1) is 16.4. The van der Waals surface area contributed by atoms with Crippen molar-refractivity contribution in [1.29, 1.82) is 0 Å². The summed E-state index contributed by atoms with van der Waals surface area (Å²) in [6.07, 6.45) is 2.27. The number of ether oxygens (including phenoxy) is 2. The molecule has 176 valence electrons. The number of carbonyl (C=O) groups is 2. The first kappa shape index (κ1) is 24.6. The predicted octanol–water partition coefficient (Wildman–Crippen LogP) is 4.45. The van der Waals surface area contributed by atoms with Gasteiger partial charge in [-0.1, -0.05) is 53.6 Å². The Kier molecular flexibility index (Phi) is 8.46. The highest BCUT2D eigenvalue weighted by Crippen LogP contribution is 2.27. The molecule has 6 nitrogen and oxygen atoms in total. The summed E-state index contributed by atoms with van der Waals surface area (Å²) in [5, 5.41) is 5.67. The maximum absolute atomic E-state index is 13.0. The number of rotatable bonds is 9. The van der Waals surface area contributed by atoms with E-state index in [1.165, 1.54) is 0 Å². The van der Waals surface area contributed by atoms with Gasteiger partial charge in [-0.3, -0.25) is 9.59 Å². The third-order valence-corrected chi connectivity index (χ3v) is 5.34. The molecule has 3 aromatic carbocycles. The van der Waals surface area contributed by atoms with Crippen molar-refractivity contribution in [2.45, 2.75) is 20.3 Å². The van der Waals surface area contributed by atoms with Crippen molar-refractivity contribution in [3.8, 4) is 11.5 Å². The summed E-state index contributed by atoms with van der Waals surface area (Å²) in [5.74, 6) is 0.587. The third kappa shape index (κ3) is 6.72. The van der Waals surface area contributed by atoms with Crippen LogP contribution in [-0.4, -0.2) is 32.6 Å². The Morgan fingerprint density at radius 2 is 1.44 bits per heavy atom. The van der Waals surface area contributed by atoms with Crippen molar-refractivity contribution in [1.82, 2.24) is 10.6 Å². The SMILES string of the molecule is COc1ccc(CCNC(=O)/C(=C\c2ccc(C)cc2)NC(=O)c2ccc(C)cc2)cc1OC. The molecule has 3 rings (SSSR count). The Labute approximate surface area is 200 Å². The van der Waals surface area contributed by atoms with Crippen LogP contribution >= 0.6 is 0 Å². The van der Waals surface area contributed by atoms with Crippen molar-refractivity contribution >= 4 is 17.9 Å². The van der Waals surface area contributed by atoms with Gasteiger partial charge in [0, 0.05) is 12.1 Å². The van der Waals surface area contributed by atoms with E-state index in [1.54, 1.807) is 32.4 Å². The van der Waals surface area contributed by atoms with Gasteiger partial charge in [0.1, 0.15) is 5.70 Å². The van der Waals surface area contributed by atoms with Gasteiger partial charge >= 0.3 is 0 Å². The van der Waals surface area contributed by atoms with Crippen molar-refractivity contribution in [2.75, 3.05) is 20.8 Å². The Morgan fingerprint density at radius 3 is 2.06 bits per heavy atom. The average Bonchev–Trinajstić information content (AvgIpc) is 2.85. The van der Waals surface area contributed by atoms with Crippen LogP contribution in [0.4, 0.5) is 0 Å². The van der Waals surface area contributed by atoms with E-state index >= 15 is 0 Å². The van der Waals surface area contributed by atoms with E-state index in [4.69, 9.17) is 9.47 Å². The summed E-state index contributed by atoms with van der Waals surface area (Å²) in [4.78, 5) is 25.8. The van der Waals surface area contributed by atoms with Crippen LogP contribution in [0.25, 0.3) is 6.08 Å². The number of hydrogen-bond acceptors (Lipinski definition) is 4. The van der Waals surface area contributed by atoms with Crippen molar-refractivity contribution in [2.24, 2.45) is 0 Å². The number of amides is 2. The molecule has 0 aromatic heterocycles. The van der Waals surface area contributed by atoms with E-state index in [0.717, 1.165) is 22.3 Å². The molecule has 2 amide bonds. The predicted molar refractivity (Wildman–Crippen MR) is 134 cm³/mol. The van der Waals surface area contributed by atoms with Crippen LogP contribution in [0.3, 0.4) is 0 Å². The first-order valence-corrected chi connectivity index (χ1v) is 11.0. The van der Waals surface area contributed by atoms with Crippen LogP contribution in [0, 0.1) is 13.8 Å². The maximum atomic E-state index is 13.0. The van der Waals surface area contributed by atoms with Gasteiger partial charge in [-0.15, -0.1) is 0 Å². The number of hydrogen-bond donors (Lipinski definition) is 2. The quantitative estimate of drug-likeness (QED) is 0.465. The molecule has 2 N–H and O–H groups in total. The lowest BCUT2D eigenvalue weighted by Gasteiger charge is -2.13. The summed E-state index contributed by atoms with van der Waals surface area (Å²) in [6.45, 7) is 4.34. The second kappa shape index (κ2) is 11.7. The number of aryl methyl sites for hydroxylation is 2. The molecule has 0 bridgehead atoms. The molecule has 0 saturated carbocycles. The fourth-order valence-electron chi connectivity index (χ4n) is 3.34. The smallest absolute Gasteiger partial charge is 0.267 e. The molecular weight excluding hydrogens is 428 g/mol. The number of benzene rings is 3. The Hall–Kier alpha value is -4.06. The van der Waals surface area contributed by atoms with E-state index in [9.17, 15) is 9.59 Å². The zero-order valence-corrected chi connectivity index (χ0v) is 20.0. The zero-order chi connectivity index (χ0) is 24.5. The molecule has 34 heavy (non-hydrogen) atoms. The molecule has 3 aromatic rings. The summed E-state index contributed by atoms with van der Waals surface area (Å²) in [7, 11) is 3.17. The van der Waals surface area contributed by atoms with Crippen LogP contribution in [0.15, 0.2) is 72.4 Å². The van der Waals surface area contributed by atoms with Gasteiger partial charge in [0.2, 0.25) is 0 Å². The monoisotopic (exact) mass is 458 g/mol. The molecule has 0 radical (unpaired) electrons. The lowest BCUT2D eigenvalue weighted by molar-refractivity contribution is -0.117. The largest absolute Gasteiger partial charge is 0.493 e. The van der Waals surface area contributed by atoms with Gasteiger partial charge in [-0.25, -0.2) is 0 Å². The second-order valence-corrected chi connectivity index (χ2v) is 7.98. The highest BCUT2D eigenvalue weighted by Gasteiger charge is 2.15. The van der Waals surface area contributed by atoms with Gasteiger partial charge in [0.05, 0.1) is 14.2 Å². The minimum Gasteiger partial charge on any atom is -0.493 e. The van der Waals surface area contributed by atoms with Crippen LogP contribution in [0.1, 0.15) is 32.6 Å². The summed E-state index contributed by atoms with van der Waals surface area (Å²) in [5.41, 5.74) is 4.65. The summed E-state index contributed by atoms with van der Waals surface area (Å²) >= 11 is 0. The van der Waals surface area contributed by atoms with Crippen molar-refractivity contribution in [3.63, 3.8) is 0 Å². The van der Waals surface area contributed by atoms with E-state index in [1.807, 2.05) is 68.4 Å². The van der Waals surface area contributed by atoms with Gasteiger partial charge in [-0.2, -0.15) is 0 Å². The van der Waals surface area contributed by atoms with Crippen molar-refractivity contribution in [3.05, 3.63) is 100 Å². The molecule has 0 atom stereocenters. The second-order valence-electron chi connectivity index (χ2n) is 7.98. The molecule has 6 heteroatoms. The van der Waals surface area contributed by atoms with Crippen LogP contribution in [0.5, 0.6) is 11.5 Å². The Bertz CT molecular complexity index is 1170. The molecule has 0 saturated heterocycles. The number of nitrogens with one attached hydrogen (secondary N) is 2. The lowest BCUT2D eigenvalue weighted by Crippen LogP contribution is -2.35. The normalized spacial score (nSPS) is 11.0. The molecule has 0 fully saturated rings. The van der Waals surface area contributed by atoms with Gasteiger partial charge in [0.25, 0.3) is 11.8 Å². The van der Waals surface area contributed by atoms with E-state index in [2.05, 4.69) is 10.6 Å². The number of carbonyl (C=O) groups excluding carboxylic acids is 2. The van der Waals surface area contributed by atoms with Crippen LogP contribution in [-0.2, 0) is 11.2 Å². The molecule has 0 heterocycles. The zero-order valence-electron chi connectivity index (χ0n) is 20.0. The summed E-state index contributed by atoms with van der Waals surface area (Å²) in [6, 6.07) is 20.6. The minimum atomic E-state index is -0.360. The topological polar surface area (TPSA) is 76.7 Å². The van der Waals surface area contributed by atoms with Gasteiger partial charge < -0.3 is 20.1 Å². The molecule has 0 aliphatic rings. The molecule has 0 aliphatic carbocycles. The third-order valence-electron chi connectivity index (χ3n) is 5.34. The molecule has 0 unspecified atom stereocenters. The average molecular weight is 459 g/mol. The minimum absolute atomic E-state index is 0.182. The fraction of sp³-hybridized carbons (Fsp3) is 0.214. The standard InChI is InChI=1S/C28H30N2O4/c1-19-5-9-21(10-6-19)17-24(30-27(31)23-12-7-20(2)8-13-23)28(32)29-16-15-22-11-14-25(33-3)26(18-22)34-4/h5-14,17-18H,15-16H2,1-4H3,(H,29,32)(H,30,31)/b24-17+. The van der Waals surface area contributed by atoms with Gasteiger partial charge in [0.15, 0.2) is 11.5 Å². The number of methoxy groups -OCH3 is 2. The molecule has 0 spiro atoms. The molecule has 0 aliphatic heterocycles. The fourth-order valence-corrected chi connectivity index (χ4v) is 3.34. The van der Waals surface area contributed by atoms with Crippen molar-refractivity contribution < 1.29 is 19.1 Å². The van der Waals surface area contributed by atoms with Crippen LogP contribution < -0.4 is 20.1 Å². The first-order valence-electron chi connectivity index (χ1n) is 11.0. The Morgan fingerprint density at radius 1 is 0.824 bits per heavy atom. The highest BCUT2D eigenvalue weighted by atomic mass is 16.5. The lowest BCUT2D eigenvalue weighted by atomic mass is 10.1. The maximum Gasteiger partial charge on any atom is 0.267 e. The Balaban J connectivity index is 1.73. The highest BCUT2D eigenvalue weighted by molar-refractivity contribution is 6.05. The van der Waals surface area contributed by atoms with E-state index in [-0.39, 0.29) is 17.5 Å². The summed E-state index contributed by atoms with van der Waals surface area (Å²) < 4.78 is 10.6. The molecular formula is C28H30N2O4. The van der Waals surface area contributed by atoms with E-state index < -0.39 is 0 Å². The van der Waals surface area contributed by atoms with Crippen LogP contribution in [0.2, 0.25) is 0 Å². The van der Waals surface area contributed by atoms with Gasteiger partial charge in [-0.05, 0) is 61.7 Å².